The lowest BCUT2D eigenvalue weighted by molar-refractivity contribution is 0.244. The van der Waals surface area contributed by atoms with Crippen LogP contribution in [0.25, 0.3) is 0 Å². The molecule has 0 amide bonds. The maximum Gasteiger partial charge on any atom is 0.0935 e. The minimum Gasteiger partial charge on any atom is -0.230 e. The maximum atomic E-state index is 5.34. The van der Waals surface area contributed by atoms with Gasteiger partial charge in [-0.05, 0) is 13.8 Å². The number of hydrogen-bond acceptors (Lipinski definition) is 4. The zero-order chi connectivity index (χ0) is 6.15. The van der Waals surface area contributed by atoms with E-state index >= 15 is 0 Å². The highest BCUT2D eigenvalue weighted by molar-refractivity contribution is 4.74. The van der Waals surface area contributed by atoms with Gasteiger partial charge in [-0.2, -0.15) is 5.11 Å². The van der Waals surface area contributed by atoms with Gasteiger partial charge in [0.25, 0.3) is 0 Å². The van der Waals surface area contributed by atoms with Gasteiger partial charge in [-0.15, -0.1) is 0 Å². The van der Waals surface area contributed by atoms with Gasteiger partial charge in [-0.3, -0.25) is 0 Å². The van der Waals surface area contributed by atoms with Gasteiger partial charge in [0.15, 0.2) is 0 Å². The summed E-state index contributed by atoms with van der Waals surface area (Å²) >= 11 is 0. The molecule has 0 aromatic heterocycles. The molecule has 46 valence electrons. The van der Waals surface area contributed by atoms with E-state index in [-0.39, 0.29) is 12.1 Å². The molecule has 1 aliphatic rings. The summed E-state index contributed by atoms with van der Waals surface area (Å²) in [5.74, 6) is 5.34. The van der Waals surface area contributed by atoms with Gasteiger partial charge in [-0.25, -0.2) is 11.0 Å². The minimum absolute atomic E-state index is 0.250. The fourth-order valence-corrected chi connectivity index (χ4v) is 0.540. The summed E-state index contributed by atoms with van der Waals surface area (Å²) in [6, 6.07) is 0.509. The fourth-order valence-electron chi connectivity index (χ4n) is 0.540. The SMILES string of the molecule is CC1N=NN(N)C1C. The van der Waals surface area contributed by atoms with E-state index < -0.39 is 0 Å². The van der Waals surface area contributed by atoms with Gasteiger partial charge >= 0.3 is 0 Å². The molecule has 1 heterocycles. The Kier molecular flexibility index (Phi) is 1.17. The van der Waals surface area contributed by atoms with Gasteiger partial charge in [0.05, 0.1) is 12.1 Å². The third-order valence-electron chi connectivity index (χ3n) is 1.45. The van der Waals surface area contributed by atoms with Crippen LogP contribution < -0.4 is 5.84 Å². The van der Waals surface area contributed by atoms with E-state index in [2.05, 4.69) is 10.3 Å². The van der Waals surface area contributed by atoms with Crippen molar-refractivity contribution in [3.63, 3.8) is 0 Å². The fraction of sp³-hybridized carbons (Fsp3) is 1.00. The molecular weight excluding hydrogens is 104 g/mol. The van der Waals surface area contributed by atoms with Crippen molar-refractivity contribution in [1.29, 1.82) is 0 Å². The van der Waals surface area contributed by atoms with Crippen LogP contribution in [0, 0.1) is 0 Å². The van der Waals surface area contributed by atoms with Crippen molar-refractivity contribution in [2.45, 2.75) is 25.9 Å². The molecule has 0 aromatic carbocycles. The molecule has 0 aromatic rings. The second kappa shape index (κ2) is 1.70. The molecule has 2 N–H and O–H groups in total. The predicted octanol–water partition coefficient (Wildman–Crippen LogP) is 0.320. The first kappa shape index (κ1) is 5.50. The third kappa shape index (κ3) is 0.667. The van der Waals surface area contributed by atoms with Crippen LogP contribution in [0.3, 0.4) is 0 Å². The third-order valence-corrected chi connectivity index (χ3v) is 1.45. The summed E-state index contributed by atoms with van der Waals surface area (Å²) in [4.78, 5) is 0. The molecule has 2 atom stereocenters. The van der Waals surface area contributed by atoms with Crippen LogP contribution >= 0.6 is 0 Å². The molecule has 1 aliphatic heterocycles. The molecule has 2 unspecified atom stereocenters. The molecule has 1 rings (SSSR count). The average Bonchev–Trinajstić information content (AvgIpc) is 1.98. The Bertz CT molecular complexity index is 98.6. The lowest BCUT2D eigenvalue weighted by atomic mass is 10.2. The van der Waals surface area contributed by atoms with Gasteiger partial charge in [0, 0.05) is 0 Å². The van der Waals surface area contributed by atoms with Crippen LogP contribution in [-0.2, 0) is 0 Å². The summed E-state index contributed by atoms with van der Waals surface area (Å²) in [7, 11) is 0. The minimum atomic E-state index is 0.250. The second-order valence-corrected chi connectivity index (χ2v) is 2.07. The van der Waals surface area contributed by atoms with E-state index in [1.165, 1.54) is 5.12 Å². The van der Waals surface area contributed by atoms with E-state index in [1.54, 1.807) is 0 Å². The van der Waals surface area contributed by atoms with Crippen molar-refractivity contribution in [2.24, 2.45) is 16.2 Å². The standard InChI is InChI=1S/C4H10N4/c1-3-4(2)8(5)7-6-3/h3-4H,5H2,1-2H3. The van der Waals surface area contributed by atoms with Crippen LogP contribution in [0.5, 0.6) is 0 Å². The van der Waals surface area contributed by atoms with Crippen molar-refractivity contribution in [1.82, 2.24) is 5.12 Å². The molecule has 8 heavy (non-hydrogen) atoms. The number of hydrazine groups is 1. The molecule has 0 saturated carbocycles. The summed E-state index contributed by atoms with van der Waals surface area (Å²) < 4.78 is 0. The Morgan fingerprint density at radius 2 is 2.12 bits per heavy atom. The maximum absolute atomic E-state index is 5.34. The lowest BCUT2D eigenvalue weighted by Crippen LogP contribution is -2.35. The number of rotatable bonds is 0. The van der Waals surface area contributed by atoms with Crippen molar-refractivity contribution in [2.75, 3.05) is 0 Å². The van der Waals surface area contributed by atoms with Gasteiger partial charge in [-0.1, -0.05) is 5.22 Å². The van der Waals surface area contributed by atoms with Crippen molar-refractivity contribution in [3.8, 4) is 0 Å². The van der Waals surface area contributed by atoms with Gasteiger partial charge in [0.2, 0.25) is 0 Å². The van der Waals surface area contributed by atoms with E-state index in [0.717, 1.165) is 0 Å². The smallest absolute Gasteiger partial charge is 0.0935 e. The number of nitrogens with two attached hydrogens (primary N) is 1. The summed E-state index contributed by atoms with van der Waals surface area (Å²) in [5, 5.41) is 8.84. The Morgan fingerprint density at radius 3 is 2.25 bits per heavy atom. The second-order valence-electron chi connectivity index (χ2n) is 2.07. The highest BCUT2D eigenvalue weighted by Gasteiger charge is 2.21. The first-order chi connectivity index (χ1) is 3.72. The molecule has 0 radical (unpaired) electrons. The zero-order valence-corrected chi connectivity index (χ0v) is 5.07. The Hall–Kier alpha value is -0.640. The number of nitrogens with zero attached hydrogens (tertiary/aromatic N) is 3. The van der Waals surface area contributed by atoms with Crippen LogP contribution in [0.15, 0.2) is 10.3 Å². The van der Waals surface area contributed by atoms with E-state index in [4.69, 9.17) is 5.84 Å². The van der Waals surface area contributed by atoms with Crippen molar-refractivity contribution < 1.29 is 0 Å². The zero-order valence-electron chi connectivity index (χ0n) is 5.07. The van der Waals surface area contributed by atoms with E-state index in [0.29, 0.717) is 0 Å². The van der Waals surface area contributed by atoms with Crippen LogP contribution in [0.1, 0.15) is 13.8 Å². The molecule has 4 nitrogen and oxygen atoms in total. The molecule has 0 fully saturated rings. The molecule has 0 aliphatic carbocycles. The van der Waals surface area contributed by atoms with Crippen LogP contribution in [0.2, 0.25) is 0 Å². The molecular formula is C4H10N4. The molecule has 4 heteroatoms. The van der Waals surface area contributed by atoms with E-state index in [1.807, 2.05) is 13.8 Å². The summed E-state index contributed by atoms with van der Waals surface area (Å²) in [6.45, 7) is 3.98. The monoisotopic (exact) mass is 114 g/mol. The highest BCUT2D eigenvalue weighted by Crippen LogP contribution is 2.11. The van der Waals surface area contributed by atoms with Gasteiger partial charge < -0.3 is 0 Å². The molecule has 0 saturated heterocycles. The first-order valence-corrected chi connectivity index (χ1v) is 2.66. The Balaban J connectivity index is 2.55. The van der Waals surface area contributed by atoms with Gasteiger partial charge in [0.1, 0.15) is 0 Å². The normalized spacial score (nSPS) is 36.6. The quantitative estimate of drug-likeness (QED) is 0.461. The van der Waals surface area contributed by atoms with Crippen molar-refractivity contribution >= 4 is 0 Å². The molecule has 0 bridgehead atoms. The number of hydrogen-bond donors (Lipinski definition) is 1. The first-order valence-electron chi connectivity index (χ1n) is 2.66. The predicted molar refractivity (Wildman–Crippen MR) is 29.8 cm³/mol. The molecule has 0 spiro atoms. The summed E-state index contributed by atoms with van der Waals surface area (Å²) in [5.41, 5.74) is 0. The Labute approximate surface area is 48.3 Å². The van der Waals surface area contributed by atoms with E-state index in [9.17, 15) is 0 Å². The lowest BCUT2D eigenvalue weighted by Gasteiger charge is -2.12. The van der Waals surface area contributed by atoms with Crippen LogP contribution in [0.4, 0.5) is 0 Å². The Morgan fingerprint density at radius 1 is 1.50 bits per heavy atom. The average molecular weight is 114 g/mol. The highest BCUT2D eigenvalue weighted by atomic mass is 15.7. The van der Waals surface area contributed by atoms with Crippen molar-refractivity contribution in [3.05, 3.63) is 0 Å². The largest absolute Gasteiger partial charge is 0.230 e. The summed E-state index contributed by atoms with van der Waals surface area (Å²) in [6.07, 6.45) is 0. The van der Waals surface area contributed by atoms with Crippen LogP contribution in [-0.4, -0.2) is 17.2 Å². The topological polar surface area (TPSA) is 54.0 Å².